The summed E-state index contributed by atoms with van der Waals surface area (Å²) in [7, 11) is 0. The maximum atomic E-state index is 13.7. The molecule has 0 unspecified atom stereocenters. The van der Waals surface area contributed by atoms with Gasteiger partial charge in [-0.2, -0.15) is 10.1 Å². The number of hydrogen-bond acceptors (Lipinski definition) is 8. The quantitative estimate of drug-likeness (QED) is 0.108. The minimum absolute atomic E-state index is 0.00473. The number of amides is 2. The van der Waals surface area contributed by atoms with Crippen LogP contribution >= 0.6 is 11.6 Å². The van der Waals surface area contributed by atoms with Crippen molar-refractivity contribution in [3.63, 3.8) is 0 Å². The second kappa shape index (κ2) is 11.9. The van der Waals surface area contributed by atoms with Crippen molar-refractivity contribution in [3.05, 3.63) is 98.1 Å². The van der Waals surface area contributed by atoms with E-state index in [2.05, 4.69) is 21.9 Å². The number of carbonyl (C=O) groups excluding carboxylic acids is 2. The summed E-state index contributed by atoms with van der Waals surface area (Å²) in [6, 6.07) is 15.4. The Hall–Kier alpha value is -4.61. The number of hydrogen-bond donors (Lipinski definition) is 0. The van der Waals surface area contributed by atoms with Gasteiger partial charge in [0.2, 0.25) is 0 Å². The highest BCUT2D eigenvalue weighted by atomic mass is 35.5. The highest BCUT2D eigenvalue weighted by Crippen LogP contribution is 2.36. The second-order valence-corrected chi connectivity index (χ2v) is 10.8. The predicted octanol–water partition coefficient (Wildman–Crippen LogP) is 5.46. The van der Waals surface area contributed by atoms with Crippen molar-refractivity contribution >= 4 is 51.8 Å². The molecule has 3 aromatic carbocycles. The molecule has 6 rings (SSSR count). The summed E-state index contributed by atoms with van der Waals surface area (Å²) in [5.41, 5.74) is 2.98. The topological polar surface area (TPSA) is 123 Å². The zero-order valence-electron chi connectivity index (χ0n) is 23.5. The van der Waals surface area contributed by atoms with Gasteiger partial charge in [-0.25, -0.2) is 4.98 Å². The molecule has 0 aliphatic carbocycles. The van der Waals surface area contributed by atoms with E-state index >= 15 is 0 Å². The number of rotatable bonds is 9. The van der Waals surface area contributed by atoms with Gasteiger partial charge in [0.1, 0.15) is 11.5 Å². The minimum atomic E-state index is -0.526. The number of ether oxygens (including phenoxy) is 1. The first kappa shape index (κ1) is 28.5. The Kier molecular flexibility index (Phi) is 7.92. The molecule has 3 heterocycles. The molecular formula is C31H29ClN6O5. The molecule has 2 aliphatic heterocycles. The Morgan fingerprint density at radius 3 is 2.47 bits per heavy atom. The van der Waals surface area contributed by atoms with E-state index in [9.17, 15) is 19.7 Å². The lowest BCUT2D eigenvalue weighted by Gasteiger charge is -2.31. The zero-order valence-corrected chi connectivity index (χ0v) is 24.3. The number of nitro groups is 1. The number of halogens is 1. The molecule has 4 aromatic rings. The van der Waals surface area contributed by atoms with E-state index in [1.54, 1.807) is 24.3 Å². The number of benzene rings is 3. The van der Waals surface area contributed by atoms with E-state index in [1.165, 1.54) is 18.3 Å². The van der Waals surface area contributed by atoms with Crippen molar-refractivity contribution in [1.29, 1.82) is 0 Å². The summed E-state index contributed by atoms with van der Waals surface area (Å²) in [5, 5.41) is 18.0. The fourth-order valence-electron chi connectivity index (χ4n) is 5.58. The Bertz CT molecular complexity index is 1740. The van der Waals surface area contributed by atoms with Crippen molar-refractivity contribution in [1.82, 2.24) is 14.6 Å². The molecular weight excluding hydrogens is 572 g/mol. The van der Waals surface area contributed by atoms with E-state index in [4.69, 9.17) is 16.3 Å². The summed E-state index contributed by atoms with van der Waals surface area (Å²) in [5.74, 6) is -0.335. The predicted molar refractivity (Wildman–Crippen MR) is 163 cm³/mol. The third kappa shape index (κ3) is 5.37. The summed E-state index contributed by atoms with van der Waals surface area (Å²) in [4.78, 5) is 44.7. The summed E-state index contributed by atoms with van der Waals surface area (Å²) < 4.78 is 7.36. The van der Waals surface area contributed by atoms with Crippen LogP contribution in [0.25, 0.3) is 10.8 Å². The fraction of sp³-hybridized carbons (Fsp3) is 0.290. The number of aromatic nitrogens is 2. The monoisotopic (exact) mass is 600 g/mol. The molecule has 11 nitrogen and oxygen atoms in total. The van der Waals surface area contributed by atoms with Gasteiger partial charge >= 0.3 is 0 Å². The summed E-state index contributed by atoms with van der Waals surface area (Å²) in [6.07, 6.45) is 3.86. The van der Waals surface area contributed by atoms with Gasteiger partial charge in [0.15, 0.2) is 5.15 Å². The van der Waals surface area contributed by atoms with Gasteiger partial charge in [-0.3, -0.25) is 19.7 Å². The van der Waals surface area contributed by atoms with Gasteiger partial charge in [-0.1, -0.05) is 49.2 Å². The van der Waals surface area contributed by atoms with Gasteiger partial charge in [-0.05, 0) is 30.2 Å². The third-order valence-corrected chi connectivity index (χ3v) is 8.07. The number of anilines is 1. The fourth-order valence-corrected chi connectivity index (χ4v) is 5.83. The number of nitrogens with zero attached hydrogens (tertiary/aromatic N) is 6. The first-order valence-corrected chi connectivity index (χ1v) is 14.5. The van der Waals surface area contributed by atoms with Crippen LogP contribution in [0.2, 0.25) is 5.15 Å². The third-order valence-electron chi connectivity index (χ3n) is 7.79. The zero-order chi connectivity index (χ0) is 30.1. The smallest absolute Gasteiger partial charge is 0.282 e. The molecule has 0 saturated carbocycles. The van der Waals surface area contributed by atoms with Crippen LogP contribution in [0.15, 0.2) is 59.7 Å². The van der Waals surface area contributed by atoms with E-state index in [1.807, 2.05) is 22.8 Å². The molecule has 2 amide bonds. The number of imide groups is 1. The van der Waals surface area contributed by atoms with Gasteiger partial charge in [-0.15, -0.1) is 0 Å². The normalized spacial score (nSPS) is 15.2. The number of hydrazone groups is 1. The first-order valence-electron chi connectivity index (χ1n) is 14.2. The maximum Gasteiger partial charge on any atom is 0.282 e. The number of morpholine rings is 1. The SMILES string of the molecule is CCCCc1nc(Cl)c(/C=N/N2C(=O)c3cccc4c(N5CCOCC5)ccc(c34)C2=O)n1Cc1ccc([N+](=O)[O-])cc1. The number of nitro benzene ring substituents is 1. The van der Waals surface area contributed by atoms with Crippen molar-refractivity contribution in [2.75, 3.05) is 31.2 Å². The van der Waals surface area contributed by atoms with Crippen molar-refractivity contribution in [3.8, 4) is 0 Å². The Morgan fingerprint density at radius 1 is 1.05 bits per heavy atom. The van der Waals surface area contributed by atoms with Gasteiger partial charge < -0.3 is 14.2 Å². The van der Waals surface area contributed by atoms with Crippen molar-refractivity contribution in [2.24, 2.45) is 5.10 Å². The van der Waals surface area contributed by atoms with Gasteiger partial charge in [0.25, 0.3) is 17.5 Å². The first-order chi connectivity index (χ1) is 20.9. The van der Waals surface area contributed by atoms with Crippen LogP contribution in [0.3, 0.4) is 0 Å². The van der Waals surface area contributed by atoms with Crippen LogP contribution in [0.4, 0.5) is 11.4 Å². The van der Waals surface area contributed by atoms with Crippen LogP contribution < -0.4 is 4.90 Å². The number of carbonyl (C=O) groups is 2. The van der Waals surface area contributed by atoms with Crippen LogP contribution in [-0.2, 0) is 17.7 Å². The highest BCUT2D eigenvalue weighted by Gasteiger charge is 2.34. The van der Waals surface area contributed by atoms with E-state index < -0.39 is 16.7 Å². The molecule has 0 radical (unpaired) electrons. The molecule has 2 aliphatic rings. The van der Waals surface area contributed by atoms with Crippen LogP contribution in [-0.4, -0.2) is 63.8 Å². The highest BCUT2D eigenvalue weighted by molar-refractivity contribution is 6.32. The van der Waals surface area contributed by atoms with Crippen molar-refractivity contribution < 1.29 is 19.2 Å². The summed E-state index contributed by atoms with van der Waals surface area (Å²) >= 11 is 6.58. The van der Waals surface area contributed by atoms with Crippen molar-refractivity contribution in [2.45, 2.75) is 32.7 Å². The Morgan fingerprint density at radius 2 is 1.77 bits per heavy atom. The number of aryl methyl sites for hydroxylation is 1. The number of imidazole rings is 1. The van der Waals surface area contributed by atoms with Crippen LogP contribution in [0.5, 0.6) is 0 Å². The van der Waals surface area contributed by atoms with Gasteiger partial charge in [0.05, 0.1) is 35.5 Å². The van der Waals surface area contributed by atoms with Crippen LogP contribution in [0.1, 0.15) is 57.6 Å². The van der Waals surface area contributed by atoms with E-state index in [-0.39, 0.29) is 10.8 Å². The van der Waals surface area contributed by atoms with Crippen LogP contribution in [0, 0.1) is 10.1 Å². The lowest BCUT2D eigenvalue weighted by molar-refractivity contribution is -0.384. The second-order valence-electron chi connectivity index (χ2n) is 10.4. The molecule has 0 spiro atoms. The Balaban J connectivity index is 1.34. The molecule has 1 saturated heterocycles. The van der Waals surface area contributed by atoms with E-state index in [0.29, 0.717) is 54.2 Å². The standard InChI is InChI=1S/C31H29ClN6O5/c1-2-3-7-27-34-29(32)26(36(27)19-20-8-10-21(11-9-20)38(41)42)18-33-37-30(39)23-6-4-5-22-25(35-14-16-43-17-15-35)13-12-24(28(22)23)31(37)40/h4-6,8-13,18H,2-3,7,14-17,19H2,1H3/b33-18+. The Labute approximate surface area is 252 Å². The average Bonchev–Trinajstić information content (AvgIpc) is 3.32. The lowest BCUT2D eigenvalue weighted by Crippen LogP contribution is -2.38. The number of non-ortho nitro benzene ring substituents is 1. The maximum absolute atomic E-state index is 13.7. The molecule has 0 N–H and O–H groups in total. The molecule has 1 aromatic heterocycles. The van der Waals surface area contributed by atoms with E-state index in [0.717, 1.165) is 47.6 Å². The number of unbranched alkanes of at least 4 members (excludes halogenated alkanes) is 1. The molecule has 0 bridgehead atoms. The summed E-state index contributed by atoms with van der Waals surface area (Å²) in [6.45, 7) is 5.09. The average molecular weight is 601 g/mol. The minimum Gasteiger partial charge on any atom is -0.378 e. The molecule has 12 heteroatoms. The van der Waals surface area contributed by atoms with Gasteiger partial charge in [0, 0.05) is 54.6 Å². The molecule has 1 fully saturated rings. The molecule has 43 heavy (non-hydrogen) atoms. The lowest BCUT2D eigenvalue weighted by atomic mass is 9.93. The largest absolute Gasteiger partial charge is 0.378 e. The molecule has 0 atom stereocenters. The molecule has 220 valence electrons.